The van der Waals surface area contributed by atoms with Gasteiger partial charge in [0, 0.05) is 30.4 Å². The van der Waals surface area contributed by atoms with E-state index in [0.717, 1.165) is 17.0 Å². The van der Waals surface area contributed by atoms with Crippen LogP contribution in [0.3, 0.4) is 0 Å². The monoisotopic (exact) mass is 265 g/mol. The summed E-state index contributed by atoms with van der Waals surface area (Å²) in [4.78, 5) is 8.45. The molecule has 1 unspecified atom stereocenters. The zero-order valence-electron chi connectivity index (χ0n) is 10.9. The average Bonchev–Trinajstić information content (AvgIpc) is 2.97. The molecule has 3 aromatic rings. The minimum absolute atomic E-state index is 0.467. The minimum atomic E-state index is -0.555. The first-order chi connectivity index (χ1) is 9.84. The van der Waals surface area contributed by atoms with E-state index in [1.54, 1.807) is 18.6 Å². The van der Waals surface area contributed by atoms with Gasteiger partial charge in [0.15, 0.2) is 0 Å². The maximum atomic E-state index is 10.3. The lowest BCUT2D eigenvalue weighted by Crippen LogP contribution is -2.09. The van der Waals surface area contributed by atoms with Gasteiger partial charge in [0.1, 0.15) is 5.82 Å². The zero-order valence-corrected chi connectivity index (χ0v) is 10.9. The summed E-state index contributed by atoms with van der Waals surface area (Å²) in [5, 5.41) is 10.3. The van der Waals surface area contributed by atoms with Gasteiger partial charge in [-0.05, 0) is 17.7 Å². The smallest absolute Gasteiger partial charge is 0.141 e. The molecule has 1 aromatic carbocycles. The second-order valence-electron chi connectivity index (χ2n) is 4.57. The molecule has 2 aromatic heterocycles. The van der Waals surface area contributed by atoms with E-state index in [9.17, 15) is 5.11 Å². The summed E-state index contributed by atoms with van der Waals surface area (Å²) in [5.74, 6) is 0.813. The number of aromatic nitrogens is 3. The predicted molar refractivity (Wildman–Crippen MR) is 76.9 cm³/mol. The Morgan fingerprint density at radius 1 is 1.05 bits per heavy atom. The number of imidazole rings is 1. The van der Waals surface area contributed by atoms with Gasteiger partial charge in [-0.15, -0.1) is 0 Å². The van der Waals surface area contributed by atoms with Crippen LogP contribution in [0.1, 0.15) is 11.7 Å². The Hall–Kier alpha value is -2.46. The number of aliphatic hydroxyl groups excluding tert-OH is 1. The van der Waals surface area contributed by atoms with Crippen molar-refractivity contribution < 1.29 is 5.11 Å². The van der Waals surface area contributed by atoms with E-state index in [-0.39, 0.29) is 0 Å². The van der Waals surface area contributed by atoms with Crippen LogP contribution in [0, 0.1) is 0 Å². The zero-order chi connectivity index (χ0) is 13.8. The highest BCUT2D eigenvalue weighted by Gasteiger charge is 2.11. The number of benzene rings is 1. The molecule has 0 aliphatic carbocycles. The Kier molecular flexibility index (Phi) is 3.56. The second kappa shape index (κ2) is 5.67. The molecule has 4 heteroatoms. The minimum Gasteiger partial charge on any atom is -0.387 e. The summed E-state index contributed by atoms with van der Waals surface area (Å²) in [7, 11) is 0. The summed E-state index contributed by atoms with van der Waals surface area (Å²) >= 11 is 0. The van der Waals surface area contributed by atoms with E-state index in [0.29, 0.717) is 6.54 Å². The van der Waals surface area contributed by atoms with Crippen molar-refractivity contribution in [1.29, 1.82) is 0 Å². The molecule has 0 spiro atoms. The normalized spacial score (nSPS) is 12.2. The van der Waals surface area contributed by atoms with E-state index in [2.05, 4.69) is 9.97 Å². The van der Waals surface area contributed by atoms with Gasteiger partial charge in [-0.3, -0.25) is 4.98 Å². The molecule has 0 bridgehead atoms. The molecule has 4 nitrogen and oxygen atoms in total. The Morgan fingerprint density at radius 3 is 2.65 bits per heavy atom. The third-order valence-electron chi connectivity index (χ3n) is 3.19. The van der Waals surface area contributed by atoms with Crippen LogP contribution in [0.15, 0.2) is 67.3 Å². The van der Waals surface area contributed by atoms with Crippen molar-refractivity contribution in [3.05, 3.63) is 72.8 Å². The lowest BCUT2D eigenvalue weighted by Gasteiger charge is -2.14. The number of hydrogen-bond donors (Lipinski definition) is 1. The van der Waals surface area contributed by atoms with Gasteiger partial charge < -0.3 is 9.67 Å². The van der Waals surface area contributed by atoms with Crippen LogP contribution >= 0.6 is 0 Å². The fraction of sp³-hybridized carbons (Fsp3) is 0.125. The van der Waals surface area contributed by atoms with E-state index < -0.39 is 6.10 Å². The fourth-order valence-electron chi connectivity index (χ4n) is 2.18. The molecular weight excluding hydrogens is 250 g/mol. The summed E-state index contributed by atoms with van der Waals surface area (Å²) in [6.45, 7) is 0.467. The number of pyridine rings is 1. The Balaban J connectivity index is 1.84. The van der Waals surface area contributed by atoms with Crippen molar-refractivity contribution in [2.75, 3.05) is 0 Å². The highest BCUT2D eigenvalue weighted by molar-refractivity contribution is 5.53. The third-order valence-corrected chi connectivity index (χ3v) is 3.19. The maximum absolute atomic E-state index is 10.3. The van der Waals surface area contributed by atoms with Crippen molar-refractivity contribution in [2.45, 2.75) is 12.6 Å². The maximum Gasteiger partial charge on any atom is 0.141 e. The van der Waals surface area contributed by atoms with Gasteiger partial charge in [-0.2, -0.15) is 0 Å². The van der Waals surface area contributed by atoms with Crippen LogP contribution in [0.4, 0.5) is 0 Å². The van der Waals surface area contributed by atoms with Crippen molar-refractivity contribution in [2.24, 2.45) is 0 Å². The molecule has 0 aliphatic heterocycles. The molecule has 2 heterocycles. The topological polar surface area (TPSA) is 50.9 Å². The Bertz CT molecular complexity index is 664. The second-order valence-corrected chi connectivity index (χ2v) is 4.57. The number of aliphatic hydroxyl groups is 1. The Morgan fingerprint density at radius 2 is 1.90 bits per heavy atom. The van der Waals surface area contributed by atoms with Crippen LogP contribution in [0.2, 0.25) is 0 Å². The first kappa shape index (κ1) is 12.6. The largest absolute Gasteiger partial charge is 0.387 e. The van der Waals surface area contributed by atoms with Crippen LogP contribution in [-0.4, -0.2) is 19.6 Å². The highest BCUT2D eigenvalue weighted by Crippen LogP contribution is 2.20. The van der Waals surface area contributed by atoms with Crippen LogP contribution in [0.25, 0.3) is 11.4 Å². The predicted octanol–water partition coefficient (Wildman–Crippen LogP) is 2.68. The molecule has 100 valence electrons. The molecule has 1 atom stereocenters. The van der Waals surface area contributed by atoms with Gasteiger partial charge in [0.05, 0.1) is 12.6 Å². The molecule has 1 N–H and O–H groups in total. The summed E-state index contributed by atoms with van der Waals surface area (Å²) in [6.07, 6.45) is 6.55. The van der Waals surface area contributed by atoms with Crippen LogP contribution in [0.5, 0.6) is 0 Å². The summed E-state index contributed by atoms with van der Waals surface area (Å²) in [5.41, 5.74) is 1.84. The first-order valence-electron chi connectivity index (χ1n) is 6.49. The van der Waals surface area contributed by atoms with Gasteiger partial charge in [-0.1, -0.05) is 30.3 Å². The van der Waals surface area contributed by atoms with Crippen molar-refractivity contribution in [1.82, 2.24) is 14.5 Å². The lowest BCUT2D eigenvalue weighted by atomic mass is 10.1. The van der Waals surface area contributed by atoms with Gasteiger partial charge in [0.25, 0.3) is 0 Å². The SMILES string of the molecule is OC(Cn1ccnc1-c1cccnc1)c1ccccc1. The summed E-state index contributed by atoms with van der Waals surface area (Å²) < 4.78 is 1.94. The van der Waals surface area contributed by atoms with Gasteiger partial charge >= 0.3 is 0 Å². The lowest BCUT2D eigenvalue weighted by molar-refractivity contribution is 0.157. The van der Waals surface area contributed by atoms with E-state index in [4.69, 9.17) is 0 Å². The van der Waals surface area contributed by atoms with E-state index >= 15 is 0 Å². The quantitative estimate of drug-likeness (QED) is 0.789. The first-order valence-corrected chi connectivity index (χ1v) is 6.49. The van der Waals surface area contributed by atoms with E-state index in [1.165, 1.54) is 0 Å². The fourth-order valence-corrected chi connectivity index (χ4v) is 2.18. The van der Waals surface area contributed by atoms with E-state index in [1.807, 2.05) is 53.2 Å². The molecule has 0 amide bonds. The molecule has 0 aliphatic rings. The summed E-state index contributed by atoms with van der Waals surface area (Å²) in [6, 6.07) is 13.5. The molecule has 3 rings (SSSR count). The van der Waals surface area contributed by atoms with Crippen molar-refractivity contribution >= 4 is 0 Å². The molecule has 20 heavy (non-hydrogen) atoms. The number of hydrogen-bond acceptors (Lipinski definition) is 3. The highest BCUT2D eigenvalue weighted by atomic mass is 16.3. The van der Waals surface area contributed by atoms with Gasteiger partial charge in [0.2, 0.25) is 0 Å². The third kappa shape index (κ3) is 2.60. The van der Waals surface area contributed by atoms with Crippen LogP contribution < -0.4 is 0 Å². The molecule has 0 fully saturated rings. The Labute approximate surface area is 117 Å². The van der Waals surface area contributed by atoms with Crippen LogP contribution in [-0.2, 0) is 6.54 Å². The van der Waals surface area contributed by atoms with Crippen molar-refractivity contribution in [3.63, 3.8) is 0 Å². The molecular formula is C16H15N3O. The molecule has 0 radical (unpaired) electrons. The number of nitrogens with zero attached hydrogens (tertiary/aromatic N) is 3. The number of rotatable bonds is 4. The van der Waals surface area contributed by atoms with Crippen molar-refractivity contribution in [3.8, 4) is 11.4 Å². The average molecular weight is 265 g/mol. The van der Waals surface area contributed by atoms with Gasteiger partial charge in [-0.25, -0.2) is 4.98 Å². The molecule has 0 saturated heterocycles. The standard InChI is InChI=1S/C16H15N3O/c20-15(13-5-2-1-3-6-13)12-19-10-9-18-16(19)14-7-4-8-17-11-14/h1-11,15,20H,12H2. The molecule has 0 saturated carbocycles.